The summed E-state index contributed by atoms with van der Waals surface area (Å²) in [4.78, 5) is 12.4. The van der Waals surface area contributed by atoms with Crippen LogP contribution < -0.4 is 21.3 Å². The predicted octanol–water partition coefficient (Wildman–Crippen LogP) is 1.11. The SMILES string of the molecule is Nc1ncnc(N2CCN(c3ccc(F)cc3)CC2)c1N. The summed E-state index contributed by atoms with van der Waals surface area (Å²) in [6.07, 6.45) is 1.42. The molecule has 0 bridgehead atoms. The highest BCUT2D eigenvalue weighted by atomic mass is 19.1. The van der Waals surface area contributed by atoms with Crippen molar-refractivity contribution >= 4 is 23.0 Å². The van der Waals surface area contributed by atoms with Gasteiger partial charge in [0.25, 0.3) is 0 Å². The number of halogens is 1. The van der Waals surface area contributed by atoms with E-state index in [4.69, 9.17) is 11.5 Å². The van der Waals surface area contributed by atoms with Crippen LogP contribution in [0.25, 0.3) is 0 Å². The minimum absolute atomic E-state index is 0.221. The van der Waals surface area contributed by atoms with Crippen molar-refractivity contribution in [2.45, 2.75) is 0 Å². The Hall–Kier alpha value is -2.57. The van der Waals surface area contributed by atoms with E-state index in [9.17, 15) is 4.39 Å². The molecule has 7 heteroatoms. The van der Waals surface area contributed by atoms with Gasteiger partial charge in [-0.05, 0) is 24.3 Å². The maximum Gasteiger partial charge on any atom is 0.157 e. The molecule has 3 rings (SSSR count). The Labute approximate surface area is 122 Å². The number of anilines is 4. The van der Waals surface area contributed by atoms with Gasteiger partial charge in [0.1, 0.15) is 17.8 Å². The molecule has 1 aromatic carbocycles. The monoisotopic (exact) mass is 288 g/mol. The van der Waals surface area contributed by atoms with Crippen molar-refractivity contribution in [2.75, 3.05) is 47.4 Å². The summed E-state index contributed by atoms with van der Waals surface area (Å²) in [5, 5.41) is 0. The van der Waals surface area contributed by atoms with Crippen molar-refractivity contribution in [3.05, 3.63) is 36.4 Å². The van der Waals surface area contributed by atoms with Gasteiger partial charge in [0.2, 0.25) is 0 Å². The van der Waals surface area contributed by atoms with E-state index in [0.717, 1.165) is 31.9 Å². The first-order valence-corrected chi connectivity index (χ1v) is 6.76. The lowest BCUT2D eigenvalue weighted by Gasteiger charge is -2.37. The van der Waals surface area contributed by atoms with E-state index >= 15 is 0 Å². The van der Waals surface area contributed by atoms with Crippen molar-refractivity contribution in [2.24, 2.45) is 0 Å². The van der Waals surface area contributed by atoms with Crippen molar-refractivity contribution in [3.63, 3.8) is 0 Å². The fourth-order valence-electron chi connectivity index (χ4n) is 2.48. The van der Waals surface area contributed by atoms with Crippen molar-refractivity contribution in [1.82, 2.24) is 9.97 Å². The lowest BCUT2D eigenvalue weighted by Crippen LogP contribution is -2.47. The van der Waals surface area contributed by atoms with E-state index in [1.807, 2.05) is 0 Å². The number of hydrogen-bond acceptors (Lipinski definition) is 6. The molecule has 0 unspecified atom stereocenters. The summed E-state index contributed by atoms with van der Waals surface area (Å²) in [5.41, 5.74) is 13.1. The third kappa shape index (κ3) is 2.67. The number of piperazine rings is 1. The van der Waals surface area contributed by atoms with E-state index in [2.05, 4.69) is 19.8 Å². The molecule has 1 aliphatic heterocycles. The second-order valence-electron chi connectivity index (χ2n) is 4.95. The summed E-state index contributed by atoms with van der Waals surface area (Å²) in [7, 11) is 0. The van der Waals surface area contributed by atoms with Gasteiger partial charge in [-0.15, -0.1) is 0 Å². The van der Waals surface area contributed by atoms with Gasteiger partial charge in [0.15, 0.2) is 11.6 Å². The Morgan fingerprint density at radius 3 is 2.19 bits per heavy atom. The first-order valence-electron chi connectivity index (χ1n) is 6.76. The molecule has 2 aromatic rings. The van der Waals surface area contributed by atoms with Crippen LogP contribution in [0.4, 0.5) is 27.4 Å². The second-order valence-corrected chi connectivity index (χ2v) is 4.95. The number of nitrogen functional groups attached to an aromatic ring is 2. The molecular weight excluding hydrogens is 271 g/mol. The fourth-order valence-corrected chi connectivity index (χ4v) is 2.48. The van der Waals surface area contributed by atoms with Gasteiger partial charge in [-0.25, -0.2) is 14.4 Å². The lowest BCUT2D eigenvalue weighted by atomic mass is 10.2. The Balaban J connectivity index is 1.70. The second kappa shape index (κ2) is 5.43. The molecule has 1 fully saturated rings. The maximum atomic E-state index is 13.0. The Morgan fingerprint density at radius 2 is 1.52 bits per heavy atom. The van der Waals surface area contributed by atoms with Crippen LogP contribution in [0, 0.1) is 5.82 Å². The molecule has 2 heterocycles. The van der Waals surface area contributed by atoms with Crippen LogP contribution in [-0.2, 0) is 0 Å². The highest BCUT2D eigenvalue weighted by Gasteiger charge is 2.20. The molecule has 0 atom stereocenters. The average molecular weight is 288 g/mol. The normalized spacial score (nSPS) is 15.3. The van der Waals surface area contributed by atoms with Crippen molar-refractivity contribution < 1.29 is 4.39 Å². The number of benzene rings is 1. The van der Waals surface area contributed by atoms with Crippen LogP contribution >= 0.6 is 0 Å². The quantitative estimate of drug-likeness (QED) is 0.861. The summed E-state index contributed by atoms with van der Waals surface area (Å²) < 4.78 is 13.0. The van der Waals surface area contributed by atoms with E-state index in [0.29, 0.717) is 17.3 Å². The van der Waals surface area contributed by atoms with Gasteiger partial charge in [0.05, 0.1) is 0 Å². The van der Waals surface area contributed by atoms with Crippen LogP contribution in [0.15, 0.2) is 30.6 Å². The molecule has 110 valence electrons. The highest BCUT2D eigenvalue weighted by Crippen LogP contribution is 2.26. The number of nitrogens with zero attached hydrogens (tertiary/aromatic N) is 4. The summed E-state index contributed by atoms with van der Waals surface area (Å²) >= 11 is 0. The first kappa shape index (κ1) is 13.4. The third-order valence-electron chi connectivity index (χ3n) is 3.66. The van der Waals surface area contributed by atoms with E-state index in [1.165, 1.54) is 18.5 Å². The van der Waals surface area contributed by atoms with Crippen molar-refractivity contribution in [3.8, 4) is 0 Å². The van der Waals surface area contributed by atoms with E-state index < -0.39 is 0 Å². The van der Waals surface area contributed by atoms with Crippen LogP contribution in [-0.4, -0.2) is 36.1 Å². The minimum atomic E-state index is -0.221. The standard InChI is InChI=1S/C14H17FN6/c15-10-1-3-11(4-2-10)20-5-7-21(8-6-20)14-12(16)13(17)18-9-19-14/h1-4,9H,5-8,16H2,(H2,17,18,19). The molecule has 0 aliphatic carbocycles. The van der Waals surface area contributed by atoms with Gasteiger partial charge in [-0.1, -0.05) is 0 Å². The van der Waals surface area contributed by atoms with Crippen LogP contribution in [0.2, 0.25) is 0 Å². The zero-order valence-electron chi connectivity index (χ0n) is 11.5. The Morgan fingerprint density at radius 1 is 0.905 bits per heavy atom. The molecule has 0 saturated carbocycles. The fraction of sp³-hybridized carbons (Fsp3) is 0.286. The largest absolute Gasteiger partial charge is 0.393 e. The molecule has 6 nitrogen and oxygen atoms in total. The minimum Gasteiger partial charge on any atom is -0.393 e. The number of rotatable bonds is 2. The predicted molar refractivity (Wildman–Crippen MR) is 81.7 cm³/mol. The lowest BCUT2D eigenvalue weighted by molar-refractivity contribution is 0.624. The average Bonchev–Trinajstić information content (AvgIpc) is 2.51. The van der Waals surface area contributed by atoms with Crippen molar-refractivity contribution in [1.29, 1.82) is 0 Å². The summed E-state index contributed by atoms with van der Waals surface area (Å²) in [6.45, 7) is 3.18. The molecule has 0 amide bonds. The Bertz CT molecular complexity index is 622. The molecule has 21 heavy (non-hydrogen) atoms. The highest BCUT2D eigenvalue weighted by molar-refractivity contribution is 5.73. The third-order valence-corrected chi connectivity index (χ3v) is 3.66. The van der Waals surface area contributed by atoms with Crippen LogP contribution in [0.3, 0.4) is 0 Å². The van der Waals surface area contributed by atoms with Gasteiger partial charge in [-0.3, -0.25) is 0 Å². The molecule has 1 aliphatic rings. The van der Waals surface area contributed by atoms with E-state index in [1.54, 1.807) is 12.1 Å². The zero-order chi connectivity index (χ0) is 14.8. The molecule has 4 N–H and O–H groups in total. The first-order chi connectivity index (χ1) is 10.1. The molecule has 1 aromatic heterocycles. The molecule has 0 spiro atoms. The maximum absolute atomic E-state index is 13.0. The smallest absolute Gasteiger partial charge is 0.157 e. The number of hydrogen-bond donors (Lipinski definition) is 2. The molecular formula is C14H17FN6. The van der Waals surface area contributed by atoms with Gasteiger partial charge >= 0.3 is 0 Å². The number of nitrogens with two attached hydrogens (primary N) is 2. The van der Waals surface area contributed by atoms with Gasteiger partial charge in [-0.2, -0.15) is 0 Å². The van der Waals surface area contributed by atoms with Crippen LogP contribution in [0.5, 0.6) is 0 Å². The Kier molecular flexibility index (Phi) is 3.47. The molecule has 0 radical (unpaired) electrons. The zero-order valence-corrected chi connectivity index (χ0v) is 11.5. The number of aromatic nitrogens is 2. The summed E-state index contributed by atoms with van der Waals surface area (Å²) in [5.74, 6) is 0.767. The van der Waals surface area contributed by atoms with Crippen LogP contribution in [0.1, 0.15) is 0 Å². The van der Waals surface area contributed by atoms with E-state index in [-0.39, 0.29) is 5.82 Å². The topological polar surface area (TPSA) is 84.3 Å². The summed E-state index contributed by atoms with van der Waals surface area (Å²) in [6, 6.07) is 6.54. The molecule has 1 saturated heterocycles. The van der Waals surface area contributed by atoms with Gasteiger partial charge in [0, 0.05) is 31.9 Å². The van der Waals surface area contributed by atoms with Gasteiger partial charge < -0.3 is 21.3 Å².